The second-order valence-electron chi connectivity index (χ2n) is 5.04. The molecule has 0 spiro atoms. The average molecular weight is 236 g/mol. The molecule has 94 valence electrons. The van der Waals surface area contributed by atoms with Crippen LogP contribution in [-0.4, -0.2) is 27.2 Å². The van der Waals surface area contributed by atoms with Crippen molar-refractivity contribution in [3.05, 3.63) is 12.4 Å². The summed E-state index contributed by atoms with van der Waals surface area (Å²) in [7, 11) is 0. The Morgan fingerprint density at radius 2 is 2.06 bits per heavy atom. The van der Waals surface area contributed by atoms with Gasteiger partial charge in [-0.3, -0.25) is 0 Å². The third-order valence-corrected chi connectivity index (χ3v) is 3.64. The molecule has 1 aromatic heterocycles. The lowest BCUT2D eigenvalue weighted by Crippen LogP contribution is -2.45. The summed E-state index contributed by atoms with van der Waals surface area (Å²) in [4.78, 5) is 8.17. The van der Waals surface area contributed by atoms with Crippen LogP contribution >= 0.6 is 0 Å². The number of nitrogens with one attached hydrogen (secondary N) is 1. The Balaban J connectivity index is 2.12. The monoisotopic (exact) mass is 236 g/mol. The van der Waals surface area contributed by atoms with Crippen molar-refractivity contribution < 1.29 is 5.11 Å². The van der Waals surface area contributed by atoms with Gasteiger partial charge in [-0.1, -0.05) is 6.92 Å². The molecule has 0 unspecified atom stereocenters. The van der Waals surface area contributed by atoms with Gasteiger partial charge in [0.2, 0.25) is 0 Å². The van der Waals surface area contributed by atoms with E-state index in [0.717, 1.165) is 31.6 Å². The van der Waals surface area contributed by atoms with Crippen LogP contribution in [0.2, 0.25) is 0 Å². The van der Waals surface area contributed by atoms with Crippen LogP contribution in [0.15, 0.2) is 12.4 Å². The quantitative estimate of drug-likeness (QED) is 0.739. The SMILES string of the molecule is CC1CCC(CO)(Nc2nccnc2N)CC1. The largest absolute Gasteiger partial charge is 0.394 e. The van der Waals surface area contributed by atoms with Gasteiger partial charge in [0.25, 0.3) is 0 Å². The molecule has 0 bridgehead atoms. The summed E-state index contributed by atoms with van der Waals surface area (Å²) in [5.41, 5.74) is 5.48. The van der Waals surface area contributed by atoms with Crippen LogP contribution in [0.5, 0.6) is 0 Å². The molecule has 1 aromatic rings. The van der Waals surface area contributed by atoms with E-state index in [9.17, 15) is 5.11 Å². The van der Waals surface area contributed by atoms with E-state index >= 15 is 0 Å². The summed E-state index contributed by atoms with van der Waals surface area (Å²) in [5, 5.41) is 12.9. The summed E-state index contributed by atoms with van der Waals surface area (Å²) < 4.78 is 0. The van der Waals surface area contributed by atoms with Crippen LogP contribution in [0.25, 0.3) is 0 Å². The molecule has 0 atom stereocenters. The fraction of sp³-hybridized carbons (Fsp3) is 0.667. The first kappa shape index (κ1) is 12.1. The smallest absolute Gasteiger partial charge is 0.169 e. The van der Waals surface area contributed by atoms with Crippen LogP contribution in [0.3, 0.4) is 0 Å². The van der Waals surface area contributed by atoms with Crippen LogP contribution in [0.4, 0.5) is 11.6 Å². The lowest BCUT2D eigenvalue weighted by Gasteiger charge is -2.39. The molecule has 0 aliphatic heterocycles. The maximum absolute atomic E-state index is 9.63. The van der Waals surface area contributed by atoms with Gasteiger partial charge in [0.15, 0.2) is 11.6 Å². The zero-order valence-electron chi connectivity index (χ0n) is 10.2. The van der Waals surface area contributed by atoms with Crippen molar-refractivity contribution >= 4 is 11.6 Å². The van der Waals surface area contributed by atoms with Crippen molar-refractivity contribution in [1.29, 1.82) is 0 Å². The first-order chi connectivity index (χ1) is 8.15. The Bertz CT molecular complexity index is 375. The van der Waals surface area contributed by atoms with E-state index in [0.29, 0.717) is 11.6 Å². The molecule has 0 aromatic carbocycles. The molecule has 1 aliphatic rings. The molecule has 1 saturated carbocycles. The normalized spacial score (nSPS) is 28.9. The number of aliphatic hydroxyl groups is 1. The molecule has 0 radical (unpaired) electrons. The molecule has 2 rings (SSSR count). The van der Waals surface area contributed by atoms with Gasteiger partial charge in [-0.15, -0.1) is 0 Å². The van der Waals surface area contributed by atoms with E-state index in [-0.39, 0.29) is 12.1 Å². The number of rotatable bonds is 3. The molecule has 4 N–H and O–H groups in total. The van der Waals surface area contributed by atoms with Crippen molar-refractivity contribution in [2.24, 2.45) is 5.92 Å². The Labute approximate surface area is 101 Å². The van der Waals surface area contributed by atoms with E-state index in [1.54, 1.807) is 12.4 Å². The molecule has 1 fully saturated rings. The van der Waals surface area contributed by atoms with E-state index in [4.69, 9.17) is 5.73 Å². The highest BCUT2D eigenvalue weighted by atomic mass is 16.3. The van der Waals surface area contributed by atoms with Gasteiger partial charge in [0.05, 0.1) is 12.1 Å². The van der Waals surface area contributed by atoms with Crippen molar-refractivity contribution in [3.63, 3.8) is 0 Å². The highest BCUT2D eigenvalue weighted by molar-refractivity contribution is 5.56. The minimum atomic E-state index is -0.281. The number of aliphatic hydroxyl groups excluding tert-OH is 1. The third-order valence-electron chi connectivity index (χ3n) is 3.64. The van der Waals surface area contributed by atoms with Gasteiger partial charge in [-0.2, -0.15) is 0 Å². The number of hydrogen-bond donors (Lipinski definition) is 3. The zero-order valence-corrected chi connectivity index (χ0v) is 10.2. The van der Waals surface area contributed by atoms with Gasteiger partial charge in [0.1, 0.15) is 0 Å². The number of aromatic nitrogens is 2. The number of nitrogens with zero attached hydrogens (tertiary/aromatic N) is 2. The second kappa shape index (κ2) is 4.87. The van der Waals surface area contributed by atoms with Crippen LogP contribution in [0, 0.1) is 5.92 Å². The summed E-state index contributed by atoms with van der Waals surface area (Å²) in [5.74, 6) is 1.70. The second-order valence-corrected chi connectivity index (χ2v) is 5.04. The molecule has 5 nitrogen and oxygen atoms in total. The average Bonchev–Trinajstić information content (AvgIpc) is 2.35. The first-order valence-corrected chi connectivity index (χ1v) is 6.11. The highest BCUT2D eigenvalue weighted by Crippen LogP contribution is 2.34. The predicted molar refractivity (Wildman–Crippen MR) is 67.5 cm³/mol. The molecule has 1 heterocycles. The van der Waals surface area contributed by atoms with Crippen molar-refractivity contribution in [2.75, 3.05) is 17.7 Å². The lowest BCUT2D eigenvalue weighted by atomic mass is 9.77. The van der Waals surface area contributed by atoms with Gasteiger partial charge in [-0.25, -0.2) is 9.97 Å². The van der Waals surface area contributed by atoms with E-state index in [1.165, 1.54) is 0 Å². The molecule has 1 aliphatic carbocycles. The Morgan fingerprint density at radius 1 is 1.41 bits per heavy atom. The first-order valence-electron chi connectivity index (χ1n) is 6.11. The van der Waals surface area contributed by atoms with Crippen LogP contribution in [0.1, 0.15) is 32.6 Å². The van der Waals surface area contributed by atoms with E-state index < -0.39 is 0 Å². The van der Waals surface area contributed by atoms with E-state index in [1.807, 2.05) is 0 Å². The number of nitrogen functional groups attached to an aromatic ring is 1. The van der Waals surface area contributed by atoms with Gasteiger partial charge < -0.3 is 16.2 Å². The highest BCUT2D eigenvalue weighted by Gasteiger charge is 2.34. The van der Waals surface area contributed by atoms with Gasteiger partial charge in [0, 0.05) is 12.4 Å². The Kier molecular flexibility index (Phi) is 3.47. The number of nitrogens with two attached hydrogens (primary N) is 1. The fourth-order valence-electron chi connectivity index (χ4n) is 2.33. The summed E-state index contributed by atoms with van der Waals surface area (Å²) in [6.07, 6.45) is 7.30. The maximum atomic E-state index is 9.63. The fourth-order valence-corrected chi connectivity index (χ4v) is 2.33. The molecule has 0 saturated heterocycles. The van der Waals surface area contributed by atoms with Gasteiger partial charge >= 0.3 is 0 Å². The minimum absolute atomic E-state index is 0.107. The van der Waals surface area contributed by atoms with E-state index in [2.05, 4.69) is 22.2 Å². The molecular weight excluding hydrogens is 216 g/mol. The lowest BCUT2D eigenvalue weighted by molar-refractivity contribution is 0.155. The van der Waals surface area contributed by atoms with Crippen molar-refractivity contribution in [2.45, 2.75) is 38.1 Å². The third kappa shape index (κ3) is 2.66. The molecule has 0 amide bonds. The summed E-state index contributed by atoms with van der Waals surface area (Å²) in [6.45, 7) is 2.35. The topological polar surface area (TPSA) is 84.1 Å². The van der Waals surface area contributed by atoms with Crippen molar-refractivity contribution in [3.8, 4) is 0 Å². The molecule has 5 heteroatoms. The zero-order chi connectivity index (χ0) is 12.3. The summed E-state index contributed by atoms with van der Waals surface area (Å²) in [6, 6.07) is 0. The minimum Gasteiger partial charge on any atom is -0.394 e. The number of hydrogen-bond acceptors (Lipinski definition) is 5. The van der Waals surface area contributed by atoms with Gasteiger partial charge in [-0.05, 0) is 31.6 Å². The maximum Gasteiger partial charge on any atom is 0.169 e. The standard InChI is InChI=1S/C12H20N4O/c1-9-2-4-12(8-17,5-3-9)16-11-10(13)14-6-7-15-11/h6-7,9,17H,2-5,8H2,1H3,(H2,13,14)(H,15,16). The van der Waals surface area contributed by atoms with Crippen LogP contribution < -0.4 is 11.1 Å². The predicted octanol–water partition coefficient (Wildman–Crippen LogP) is 1.41. The molecular formula is C12H20N4O. The number of anilines is 2. The Morgan fingerprint density at radius 3 is 2.65 bits per heavy atom. The van der Waals surface area contributed by atoms with Crippen LogP contribution in [-0.2, 0) is 0 Å². The Hall–Kier alpha value is -1.36. The summed E-state index contributed by atoms with van der Waals surface area (Å²) >= 11 is 0. The van der Waals surface area contributed by atoms with Crippen molar-refractivity contribution in [1.82, 2.24) is 9.97 Å². The molecule has 17 heavy (non-hydrogen) atoms.